The first-order chi connectivity index (χ1) is 13.8. The maximum Gasteiger partial charge on any atom is 0.242 e. The van der Waals surface area contributed by atoms with Crippen molar-refractivity contribution >= 4 is 23.4 Å². The summed E-state index contributed by atoms with van der Waals surface area (Å²) in [7, 11) is 0. The van der Waals surface area contributed by atoms with Crippen molar-refractivity contribution < 1.29 is 9.59 Å². The summed E-state index contributed by atoms with van der Waals surface area (Å²) in [4.78, 5) is 27.8. The van der Waals surface area contributed by atoms with E-state index in [1.54, 1.807) is 17.0 Å². The predicted molar refractivity (Wildman–Crippen MR) is 119 cm³/mol. The number of halogens is 1. The van der Waals surface area contributed by atoms with Crippen LogP contribution in [0.15, 0.2) is 48.5 Å². The van der Waals surface area contributed by atoms with Crippen LogP contribution in [0.4, 0.5) is 0 Å². The number of nitrogens with one attached hydrogen (secondary N) is 1. The molecule has 0 bridgehead atoms. The van der Waals surface area contributed by atoms with Crippen molar-refractivity contribution in [1.82, 2.24) is 10.2 Å². The monoisotopic (exact) mass is 414 g/mol. The summed E-state index contributed by atoms with van der Waals surface area (Å²) >= 11 is 5.96. The van der Waals surface area contributed by atoms with E-state index in [2.05, 4.69) is 19.2 Å². The Balaban J connectivity index is 2.24. The summed E-state index contributed by atoms with van der Waals surface area (Å²) in [6, 6.07) is 14.8. The highest BCUT2D eigenvalue weighted by Crippen LogP contribution is 2.16. The molecule has 0 saturated carbocycles. The van der Waals surface area contributed by atoms with Crippen LogP contribution < -0.4 is 5.32 Å². The van der Waals surface area contributed by atoms with Gasteiger partial charge in [-0.25, -0.2) is 0 Å². The lowest BCUT2D eigenvalue weighted by Crippen LogP contribution is -2.50. The number of hydrogen-bond donors (Lipinski definition) is 1. The molecule has 0 aliphatic heterocycles. The molecule has 4 nitrogen and oxygen atoms in total. The molecule has 0 unspecified atom stereocenters. The molecule has 5 heteroatoms. The second kappa shape index (κ2) is 11.0. The van der Waals surface area contributed by atoms with Gasteiger partial charge in [0.05, 0.1) is 6.42 Å². The summed E-state index contributed by atoms with van der Waals surface area (Å²) in [6.45, 7) is 9.08. The van der Waals surface area contributed by atoms with Gasteiger partial charge < -0.3 is 10.2 Å². The Morgan fingerprint density at radius 1 is 1.00 bits per heavy atom. The molecule has 0 aliphatic rings. The lowest BCUT2D eigenvalue weighted by atomic mass is 10.1. The van der Waals surface area contributed by atoms with Crippen LogP contribution in [0.3, 0.4) is 0 Å². The van der Waals surface area contributed by atoms with Gasteiger partial charge in [0.25, 0.3) is 0 Å². The molecule has 2 amide bonds. The van der Waals surface area contributed by atoms with Crippen LogP contribution in [-0.2, 0) is 22.6 Å². The van der Waals surface area contributed by atoms with Gasteiger partial charge >= 0.3 is 0 Å². The number of nitrogens with zero attached hydrogens (tertiary/aromatic N) is 1. The number of amides is 2. The summed E-state index contributed by atoms with van der Waals surface area (Å²) in [5, 5.41) is 3.62. The molecule has 0 aliphatic carbocycles. The molecule has 1 N–H and O–H groups in total. The zero-order valence-electron chi connectivity index (χ0n) is 17.7. The smallest absolute Gasteiger partial charge is 0.242 e. The van der Waals surface area contributed by atoms with E-state index in [4.69, 9.17) is 11.6 Å². The molecule has 0 heterocycles. The van der Waals surface area contributed by atoms with Crippen molar-refractivity contribution in [3.63, 3.8) is 0 Å². The molecular formula is C24H31ClN2O2. The molecule has 0 fully saturated rings. The summed E-state index contributed by atoms with van der Waals surface area (Å²) in [6.07, 6.45) is 0.791. The Bertz CT molecular complexity index is 801. The molecule has 0 spiro atoms. The first-order valence-electron chi connectivity index (χ1n) is 10.2. The average molecular weight is 415 g/mol. The minimum absolute atomic E-state index is 0.0700. The second-order valence-corrected chi connectivity index (χ2v) is 8.31. The standard InChI is InChI=1S/C24H31ClN2O2/c1-5-22(24(29)26-15-17(2)3)27(16-20-8-6-18(4)7-9-20)23(28)14-19-10-12-21(25)13-11-19/h6-13,17,22H,5,14-16H2,1-4H3,(H,26,29)/t22-/m1/s1. The van der Waals surface area contributed by atoms with Crippen LogP contribution in [0.25, 0.3) is 0 Å². The van der Waals surface area contributed by atoms with Crippen molar-refractivity contribution in [2.75, 3.05) is 6.54 Å². The maximum atomic E-state index is 13.2. The van der Waals surface area contributed by atoms with Gasteiger partial charge in [-0.2, -0.15) is 0 Å². The molecule has 2 aromatic carbocycles. The molecular weight excluding hydrogens is 384 g/mol. The van der Waals surface area contributed by atoms with E-state index < -0.39 is 6.04 Å². The van der Waals surface area contributed by atoms with Gasteiger partial charge in [0.1, 0.15) is 6.04 Å². The van der Waals surface area contributed by atoms with Crippen molar-refractivity contribution in [2.45, 2.75) is 53.1 Å². The molecule has 1 atom stereocenters. The quantitative estimate of drug-likeness (QED) is 0.642. The van der Waals surface area contributed by atoms with Gasteiger partial charge in [-0.15, -0.1) is 0 Å². The number of rotatable bonds is 9. The fourth-order valence-electron chi connectivity index (χ4n) is 3.11. The maximum absolute atomic E-state index is 13.2. The van der Waals surface area contributed by atoms with Gasteiger partial charge in [0, 0.05) is 18.1 Å². The minimum Gasteiger partial charge on any atom is -0.354 e. The van der Waals surface area contributed by atoms with Gasteiger partial charge in [0.2, 0.25) is 11.8 Å². The average Bonchev–Trinajstić information content (AvgIpc) is 2.69. The Hall–Kier alpha value is -2.33. The lowest BCUT2D eigenvalue weighted by molar-refractivity contribution is -0.141. The normalized spacial score (nSPS) is 11.9. The van der Waals surface area contributed by atoms with Crippen LogP contribution in [0.2, 0.25) is 5.02 Å². The van der Waals surface area contributed by atoms with Crippen LogP contribution in [-0.4, -0.2) is 29.3 Å². The van der Waals surface area contributed by atoms with E-state index in [9.17, 15) is 9.59 Å². The van der Waals surface area contributed by atoms with Gasteiger partial charge in [-0.3, -0.25) is 9.59 Å². The summed E-state index contributed by atoms with van der Waals surface area (Å²) in [5.41, 5.74) is 3.05. The van der Waals surface area contributed by atoms with Crippen LogP contribution in [0, 0.1) is 12.8 Å². The van der Waals surface area contributed by atoms with Crippen LogP contribution in [0.1, 0.15) is 43.9 Å². The fourth-order valence-corrected chi connectivity index (χ4v) is 3.24. The highest BCUT2D eigenvalue weighted by molar-refractivity contribution is 6.30. The molecule has 0 radical (unpaired) electrons. The van der Waals surface area contributed by atoms with Gasteiger partial charge in [-0.05, 0) is 42.5 Å². The highest BCUT2D eigenvalue weighted by Gasteiger charge is 2.28. The number of carbonyl (C=O) groups is 2. The minimum atomic E-state index is -0.505. The third-order valence-corrected chi connectivity index (χ3v) is 5.06. The highest BCUT2D eigenvalue weighted by atomic mass is 35.5. The largest absolute Gasteiger partial charge is 0.354 e. The van der Waals surface area contributed by atoms with Crippen molar-refractivity contribution in [2.24, 2.45) is 5.92 Å². The van der Waals surface area contributed by atoms with Gasteiger partial charge in [0.15, 0.2) is 0 Å². The van der Waals surface area contributed by atoms with E-state index in [1.165, 1.54) is 0 Å². The SMILES string of the molecule is CC[C@H](C(=O)NCC(C)C)N(Cc1ccc(C)cc1)C(=O)Cc1ccc(Cl)cc1. The summed E-state index contributed by atoms with van der Waals surface area (Å²) < 4.78 is 0. The van der Waals surface area contributed by atoms with E-state index in [0.717, 1.165) is 16.7 Å². The third kappa shape index (κ3) is 7.21. The number of hydrogen-bond acceptors (Lipinski definition) is 2. The molecule has 0 aromatic heterocycles. The van der Waals surface area contributed by atoms with E-state index in [1.807, 2.05) is 50.2 Å². The predicted octanol–water partition coefficient (Wildman–Crippen LogP) is 4.77. The lowest BCUT2D eigenvalue weighted by Gasteiger charge is -2.31. The fraction of sp³-hybridized carbons (Fsp3) is 0.417. The van der Waals surface area contributed by atoms with Crippen LogP contribution in [0.5, 0.6) is 0 Å². The Morgan fingerprint density at radius 3 is 2.14 bits per heavy atom. The van der Waals surface area contributed by atoms with E-state index in [0.29, 0.717) is 30.5 Å². The zero-order valence-corrected chi connectivity index (χ0v) is 18.5. The summed E-state index contributed by atoms with van der Waals surface area (Å²) in [5.74, 6) is 0.184. The number of carbonyl (C=O) groups excluding carboxylic acids is 2. The first-order valence-corrected chi connectivity index (χ1v) is 10.5. The number of benzene rings is 2. The first kappa shape index (κ1) is 23.0. The topological polar surface area (TPSA) is 49.4 Å². The molecule has 156 valence electrons. The molecule has 2 aromatic rings. The van der Waals surface area contributed by atoms with E-state index >= 15 is 0 Å². The van der Waals surface area contributed by atoms with Gasteiger partial charge in [-0.1, -0.05) is 74.3 Å². The van der Waals surface area contributed by atoms with E-state index in [-0.39, 0.29) is 18.2 Å². The third-order valence-electron chi connectivity index (χ3n) is 4.81. The second-order valence-electron chi connectivity index (χ2n) is 7.87. The Labute approximate surface area is 179 Å². The van der Waals surface area contributed by atoms with Crippen molar-refractivity contribution in [3.8, 4) is 0 Å². The van der Waals surface area contributed by atoms with Crippen molar-refractivity contribution in [1.29, 1.82) is 0 Å². The van der Waals surface area contributed by atoms with Crippen LogP contribution >= 0.6 is 11.6 Å². The molecule has 2 rings (SSSR count). The molecule has 29 heavy (non-hydrogen) atoms. The Kier molecular flexibility index (Phi) is 8.71. The molecule has 0 saturated heterocycles. The van der Waals surface area contributed by atoms with Crippen molar-refractivity contribution in [3.05, 3.63) is 70.2 Å². The Morgan fingerprint density at radius 2 is 1.59 bits per heavy atom. The number of aryl methyl sites for hydroxylation is 1. The zero-order chi connectivity index (χ0) is 21.4.